The molecule has 2 heterocycles. The summed E-state index contributed by atoms with van der Waals surface area (Å²) in [5, 5.41) is 13.6. The quantitative estimate of drug-likeness (QED) is 0.583. The molecule has 1 aliphatic rings. The minimum absolute atomic E-state index is 0.0125. The number of hydrogen-bond acceptors (Lipinski definition) is 9. The first kappa shape index (κ1) is 22.5. The number of methoxy groups -OCH3 is 1. The number of nitrogens with two attached hydrogens (primary N) is 1. The Morgan fingerprint density at radius 3 is 2.58 bits per heavy atom. The number of hydrogen-bond donors (Lipinski definition) is 3. The topological polar surface area (TPSA) is 160 Å². The third-order valence-corrected chi connectivity index (χ3v) is 4.80. The Hall–Kier alpha value is -3.15. The minimum atomic E-state index is -1.42. The Morgan fingerprint density at radius 2 is 1.97 bits per heavy atom. The highest BCUT2D eigenvalue weighted by Crippen LogP contribution is 2.34. The molecule has 0 saturated carbocycles. The number of anilines is 1. The molecule has 2 aromatic rings. The molecule has 11 nitrogen and oxygen atoms in total. The fourth-order valence-electron chi connectivity index (χ4n) is 3.52. The Kier molecular flexibility index (Phi) is 6.20. The van der Waals surface area contributed by atoms with Crippen LogP contribution in [0.3, 0.4) is 0 Å². The number of carbonyl (C=O) groups is 2. The highest BCUT2D eigenvalue weighted by molar-refractivity contribution is 5.91. The molecule has 4 atom stereocenters. The van der Waals surface area contributed by atoms with E-state index in [-0.39, 0.29) is 17.0 Å². The van der Waals surface area contributed by atoms with E-state index in [1.54, 1.807) is 26.0 Å². The van der Waals surface area contributed by atoms with E-state index in [2.05, 4.69) is 5.32 Å². The lowest BCUT2D eigenvalue weighted by atomic mass is 9.89. The van der Waals surface area contributed by atoms with E-state index in [1.165, 1.54) is 26.2 Å². The number of amides is 2. The zero-order valence-electron chi connectivity index (χ0n) is 17.4. The molecule has 4 unspecified atom stereocenters. The van der Waals surface area contributed by atoms with E-state index in [4.69, 9.17) is 29.1 Å². The van der Waals surface area contributed by atoms with Gasteiger partial charge in [-0.05, 0) is 32.0 Å². The van der Waals surface area contributed by atoms with Crippen molar-refractivity contribution in [1.82, 2.24) is 0 Å². The van der Waals surface area contributed by atoms with E-state index in [0.29, 0.717) is 5.39 Å². The Bertz CT molecular complexity index is 1050. The fourth-order valence-corrected chi connectivity index (χ4v) is 3.52. The molecule has 2 amide bonds. The van der Waals surface area contributed by atoms with Crippen LogP contribution in [0, 0.1) is 0 Å². The molecule has 1 aromatic carbocycles. The van der Waals surface area contributed by atoms with E-state index >= 15 is 0 Å². The number of fused-ring (bicyclic) bond motifs is 1. The van der Waals surface area contributed by atoms with Crippen LogP contribution in [-0.2, 0) is 19.0 Å². The van der Waals surface area contributed by atoms with Crippen molar-refractivity contribution < 1.29 is 38.1 Å². The number of carbonyl (C=O) groups excluding carboxylic acids is 2. The molecule has 1 fully saturated rings. The monoisotopic (exact) mass is 436 g/mol. The van der Waals surface area contributed by atoms with Crippen molar-refractivity contribution in [3.63, 3.8) is 0 Å². The van der Waals surface area contributed by atoms with Crippen molar-refractivity contribution in [2.45, 2.75) is 51.0 Å². The van der Waals surface area contributed by atoms with Gasteiger partial charge in [-0.1, -0.05) is 0 Å². The van der Waals surface area contributed by atoms with Gasteiger partial charge in [-0.3, -0.25) is 4.79 Å². The van der Waals surface area contributed by atoms with Gasteiger partial charge in [0.15, 0.2) is 12.2 Å². The van der Waals surface area contributed by atoms with Gasteiger partial charge >= 0.3 is 11.7 Å². The van der Waals surface area contributed by atoms with Crippen LogP contribution in [0.2, 0.25) is 0 Å². The first-order chi connectivity index (χ1) is 14.5. The molecule has 1 aliphatic heterocycles. The maximum atomic E-state index is 12.1. The van der Waals surface area contributed by atoms with Crippen molar-refractivity contribution in [3.8, 4) is 5.75 Å². The van der Waals surface area contributed by atoms with Gasteiger partial charge in [-0.25, -0.2) is 9.59 Å². The van der Waals surface area contributed by atoms with Crippen LogP contribution in [0.15, 0.2) is 33.5 Å². The van der Waals surface area contributed by atoms with Crippen LogP contribution >= 0.6 is 0 Å². The smallest absolute Gasteiger partial charge is 0.404 e. The number of aliphatic hydroxyl groups is 1. The summed E-state index contributed by atoms with van der Waals surface area (Å²) in [5.41, 5.74) is 3.60. The molecule has 0 bridgehead atoms. The van der Waals surface area contributed by atoms with Gasteiger partial charge in [0.25, 0.3) is 0 Å². The van der Waals surface area contributed by atoms with Crippen LogP contribution in [0.1, 0.15) is 20.8 Å². The predicted molar refractivity (Wildman–Crippen MR) is 108 cm³/mol. The molecule has 1 aromatic heterocycles. The Balaban J connectivity index is 1.88. The molecular weight excluding hydrogens is 412 g/mol. The van der Waals surface area contributed by atoms with Crippen LogP contribution in [-0.4, -0.2) is 54.4 Å². The summed E-state index contributed by atoms with van der Waals surface area (Å²) in [6.45, 7) is 4.65. The van der Waals surface area contributed by atoms with E-state index in [1.807, 2.05) is 0 Å². The molecule has 0 radical (unpaired) electrons. The van der Waals surface area contributed by atoms with E-state index in [9.17, 15) is 19.5 Å². The second-order valence-corrected chi connectivity index (χ2v) is 7.58. The largest absolute Gasteiger partial charge is 0.462 e. The molecule has 0 spiro atoms. The lowest BCUT2D eigenvalue weighted by Crippen LogP contribution is -2.65. The summed E-state index contributed by atoms with van der Waals surface area (Å²) in [5.74, 6) is -0.184. The second-order valence-electron chi connectivity index (χ2n) is 7.58. The standard InChI is InChI=1S/C20H24N2O9/c1-9(23)22-12-7-10-5-6-11(8-13(10)29-17(12)25)28-18-14(24)15(30-19(21)26)16(27-4)20(2,3)31-18/h5-8,14-16,18,24H,1-4H3,(H2,21,26)(H,22,23). The first-order valence-corrected chi connectivity index (χ1v) is 9.38. The lowest BCUT2D eigenvalue weighted by Gasteiger charge is -2.47. The number of nitrogens with one attached hydrogen (secondary N) is 1. The first-order valence-electron chi connectivity index (χ1n) is 9.38. The highest BCUT2D eigenvalue weighted by Gasteiger charge is 2.53. The van der Waals surface area contributed by atoms with Crippen LogP contribution in [0.25, 0.3) is 11.0 Å². The number of primary amides is 1. The molecular formula is C20H24N2O9. The van der Waals surface area contributed by atoms with Crippen LogP contribution in [0.4, 0.5) is 10.5 Å². The fraction of sp³-hybridized carbons (Fsp3) is 0.450. The van der Waals surface area contributed by atoms with Crippen molar-refractivity contribution in [2.75, 3.05) is 12.4 Å². The molecule has 0 aliphatic carbocycles. The summed E-state index contributed by atoms with van der Waals surface area (Å²) in [4.78, 5) is 34.6. The number of ether oxygens (including phenoxy) is 4. The molecule has 3 rings (SSSR count). The number of rotatable bonds is 5. The zero-order chi connectivity index (χ0) is 22.9. The average molecular weight is 436 g/mol. The molecule has 11 heteroatoms. The van der Waals surface area contributed by atoms with E-state index < -0.39 is 47.8 Å². The minimum Gasteiger partial charge on any atom is -0.462 e. The molecule has 4 N–H and O–H groups in total. The van der Waals surface area contributed by atoms with Crippen molar-refractivity contribution >= 4 is 28.7 Å². The predicted octanol–water partition coefficient (Wildman–Crippen LogP) is 1.10. The summed E-state index contributed by atoms with van der Waals surface area (Å²) < 4.78 is 27.2. The van der Waals surface area contributed by atoms with Crippen LogP contribution < -0.4 is 21.4 Å². The Labute approximate surface area is 177 Å². The summed E-state index contributed by atoms with van der Waals surface area (Å²) in [6.07, 6.45) is -5.69. The third kappa shape index (κ3) is 4.79. The van der Waals surface area contributed by atoms with Crippen molar-refractivity contribution in [2.24, 2.45) is 5.73 Å². The van der Waals surface area contributed by atoms with Gasteiger partial charge < -0.3 is 39.5 Å². The molecule has 168 valence electrons. The SMILES string of the molecule is COC1C(OC(N)=O)C(O)C(Oc2ccc3cc(NC(C)=O)c(=O)oc3c2)OC1(C)C. The molecule has 31 heavy (non-hydrogen) atoms. The maximum absolute atomic E-state index is 12.1. The maximum Gasteiger partial charge on any atom is 0.404 e. The van der Waals surface area contributed by atoms with Gasteiger partial charge in [-0.15, -0.1) is 0 Å². The zero-order valence-corrected chi connectivity index (χ0v) is 17.4. The average Bonchev–Trinajstić information content (AvgIpc) is 2.65. The third-order valence-electron chi connectivity index (χ3n) is 4.80. The number of aliphatic hydroxyl groups excluding tert-OH is 1. The lowest BCUT2D eigenvalue weighted by molar-refractivity contribution is -0.304. The van der Waals surface area contributed by atoms with Crippen molar-refractivity contribution in [3.05, 3.63) is 34.7 Å². The van der Waals surface area contributed by atoms with Crippen molar-refractivity contribution in [1.29, 1.82) is 0 Å². The summed E-state index contributed by atoms with van der Waals surface area (Å²) in [6, 6.07) is 6.08. The van der Waals surface area contributed by atoms with Gasteiger partial charge in [0.05, 0.1) is 5.60 Å². The van der Waals surface area contributed by atoms with Crippen LogP contribution in [0.5, 0.6) is 5.75 Å². The summed E-state index contributed by atoms with van der Waals surface area (Å²) in [7, 11) is 1.39. The molecule has 1 saturated heterocycles. The van der Waals surface area contributed by atoms with E-state index in [0.717, 1.165) is 0 Å². The highest BCUT2D eigenvalue weighted by atomic mass is 16.7. The van der Waals surface area contributed by atoms with Gasteiger partial charge in [0.1, 0.15) is 23.1 Å². The van der Waals surface area contributed by atoms with Gasteiger partial charge in [0, 0.05) is 25.5 Å². The Morgan fingerprint density at radius 1 is 1.26 bits per heavy atom. The van der Waals surface area contributed by atoms with Gasteiger partial charge in [0.2, 0.25) is 12.2 Å². The second kappa shape index (κ2) is 8.53. The number of benzene rings is 1. The van der Waals surface area contributed by atoms with Gasteiger partial charge in [-0.2, -0.15) is 0 Å². The normalized spacial score (nSPS) is 25.1. The summed E-state index contributed by atoms with van der Waals surface area (Å²) >= 11 is 0.